The standard InChI is InChI=1S/C15H14ClO2S/c1-10-4-5-11(2)14(8-10)13-7-6-12(9-15(13)16)19(3,17)18/h5-9H,1-3H3. The fraction of sp³-hybridized carbons (Fsp3) is 0.200. The van der Waals surface area contributed by atoms with Gasteiger partial charge >= 0.3 is 0 Å². The summed E-state index contributed by atoms with van der Waals surface area (Å²) in [6, 6.07) is 11.9. The van der Waals surface area contributed by atoms with Crippen LogP contribution < -0.4 is 0 Å². The Morgan fingerprint density at radius 3 is 2.37 bits per heavy atom. The predicted octanol–water partition coefficient (Wildman–Crippen LogP) is 3.83. The number of hydrogen-bond acceptors (Lipinski definition) is 2. The first-order valence-corrected chi connectivity index (χ1v) is 8.05. The summed E-state index contributed by atoms with van der Waals surface area (Å²) in [5, 5.41) is 0.441. The van der Waals surface area contributed by atoms with Gasteiger partial charge in [0.05, 0.1) is 4.90 Å². The molecule has 0 amide bonds. The smallest absolute Gasteiger partial charge is 0.175 e. The molecule has 2 nitrogen and oxygen atoms in total. The van der Waals surface area contributed by atoms with Gasteiger partial charge in [-0.25, -0.2) is 8.42 Å². The van der Waals surface area contributed by atoms with Crippen molar-refractivity contribution in [3.63, 3.8) is 0 Å². The summed E-state index contributed by atoms with van der Waals surface area (Å²) in [5.74, 6) is 0. The average molecular weight is 294 g/mol. The number of hydrogen-bond donors (Lipinski definition) is 0. The second-order valence-corrected chi connectivity index (χ2v) is 7.05. The van der Waals surface area contributed by atoms with E-state index in [1.165, 1.54) is 12.3 Å². The lowest BCUT2D eigenvalue weighted by Gasteiger charge is -2.10. The molecule has 0 aliphatic heterocycles. The van der Waals surface area contributed by atoms with E-state index in [-0.39, 0.29) is 4.90 Å². The first kappa shape index (κ1) is 14.1. The highest BCUT2D eigenvalue weighted by Crippen LogP contribution is 2.32. The van der Waals surface area contributed by atoms with Gasteiger partial charge in [-0.05, 0) is 48.7 Å². The maximum Gasteiger partial charge on any atom is 0.175 e. The third-order valence-electron chi connectivity index (χ3n) is 2.96. The van der Waals surface area contributed by atoms with E-state index in [0.717, 1.165) is 22.3 Å². The normalized spacial score (nSPS) is 11.6. The molecule has 4 heteroatoms. The molecule has 0 spiro atoms. The first-order valence-electron chi connectivity index (χ1n) is 5.78. The molecule has 0 fully saturated rings. The Hall–Kier alpha value is -1.32. The molecule has 0 atom stereocenters. The van der Waals surface area contributed by atoms with Gasteiger partial charge in [-0.15, -0.1) is 0 Å². The minimum Gasteiger partial charge on any atom is -0.224 e. The van der Waals surface area contributed by atoms with Crippen LogP contribution in [-0.2, 0) is 9.84 Å². The fourth-order valence-corrected chi connectivity index (χ4v) is 2.90. The van der Waals surface area contributed by atoms with Gasteiger partial charge in [0.25, 0.3) is 0 Å². The van der Waals surface area contributed by atoms with Crippen molar-refractivity contribution in [2.24, 2.45) is 0 Å². The molecule has 0 aliphatic carbocycles. The molecule has 2 aromatic carbocycles. The third-order valence-corrected chi connectivity index (χ3v) is 4.38. The van der Waals surface area contributed by atoms with E-state index in [4.69, 9.17) is 11.6 Å². The quantitative estimate of drug-likeness (QED) is 0.843. The molecule has 0 unspecified atom stereocenters. The maximum atomic E-state index is 11.5. The lowest BCUT2D eigenvalue weighted by Crippen LogP contribution is -1.97. The van der Waals surface area contributed by atoms with Crippen LogP contribution in [0.4, 0.5) is 0 Å². The topological polar surface area (TPSA) is 34.1 Å². The van der Waals surface area contributed by atoms with E-state index in [2.05, 4.69) is 6.07 Å². The largest absolute Gasteiger partial charge is 0.224 e. The highest BCUT2D eigenvalue weighted by Gasteiger charge is 2.12. The molecular formula is C15H14ClO2S. The molecule has 99 valence electrons. The van der Waals surface area contributed by atoms with E-state index in [1.807, 2.05) is 26.0 Å². The van der Waals surface area contributed by atoms with E-state index in [9.17, 15) is 8.42 Å². The van der Waals surface area contributed by atoms with Crippen molar-refractivity contribution in [2.45, 2.75) is 18.7 Å². The molecule has 2 aromatic rings. The van der Waals surface area contributed by atoms with Gasteiger partial charge in [-0.1, -0.05) is 29.8 Å². The molecule has 2 rings (SSSR count). The number of rotatable bonds is 2. The van der Waals surface area contributed by atoms with E-state index < -0.39 is 9.84 Å². The van der Waals surface area contributed by atoms with Crippen molar-refractivity contribution in [2.75, 3.05) is 6.26 Å². The molecule has 0 bridgehead atoms. The number of aryl methyl sites for hydroxylation is 2. The van der Waals surface area contributed by atoms with Gasteiger partial charge < -0.3 is 0 Å². The SMILES string of the molecule is Cc1[c]cc(C)c(-c2ccc(S(C)(=O)=O)cc2Cl)c1. The Balaban J connectivity index is 2.62. The number of halogens is 1. The molecular weight excluding hydrogens is 280 g/mol. The second kappa shape index (κ2) is 4.99. The molecule has 0 aliphatic rings. The number of benzene rings is 2. The monoisotopic (exact) mass is 293 g/mol. The van der Waals surface area contributed by atoms with E-state index in [1.54, 1.807) is 12.1 Å². The van der Waals surface area contributed by atoms with Crippen LogP contribution in [-0.4, -0.2) is 14.7 Å². The summed E-state index contributed by atoms with van der Waals surface area (Å²) in [6.45, 7) is 3.94. The third kappa shape index (κ3) is 2.99. The van der Waals surface area contributed by atoms with Crippen LogP contribution in [0.25, 0.3) is 11.1 Å². The van der Waals surface area contributed by atoms with E-state index in [0.29, 0.717) is 5.02 Å². The predicted molar refractivity (Wildman–Crippen MR) is 78.3 cm³/mol. The Kier molecular flexibility index (Phi) is 3.70. The van der Waals surface area contributed by atoms with Crippen LogP contribution in [0.3, 0.4) is 0 Å². The summed E-state index contributed by atoms with van der Waals surface area (Å²) >= 11 is 6.22. The Morgan fingerprint density at radius 2 is 1.79 bits per heavy atom. The van der Waals surface area contributed by atoms with Crippen LogP contribution in [0.2, 0.25) is 5.02 Å². The zero-order valence-corrected chi connectivity index (χ0v) is 12.6. The van der Waals surface area contributed by atoms with Crippen molar-refractivity contribution in [3.8, 4) is 11.1 Å². The van der Waals surface area contributed by atoms with Crippen molar-refractivity contribution >= 4 is 21.4 Å². The minimum atomic E-state index is -3.23. The zero-order valence-electron chi connectivity index (χ0n) is 11.0. The van der Waals surface area contributed by atoms with Gasteiger partial charge in [0.2, 0.25) is 0 Å². The molecule has 0 heterocycles. The second-order valence-electron chi connectivity index (χ2n) is 4.63. The van der Waals surface area contributed by atoms with Crippen LogP contribution in [0.5, 0.6) is 0 Å². The van der Waals surface area contributed by atoms with Crippen LogP contribution in [0.15, 0.2) is 35.2 Å². The van der Waals surface area contributed by atoms with Gasteiger partial charge in [0.1, 0.15) is 0 Å². The highest BCUT2D eigenvalue weighted by atomic mass is 35.5. The Bertz CT molecular complexity index is 734. The van der Waals surface area contributed by atoms with Crippen LogP contribution >= 0.6 is 11.6 Å². The van der Waals surface area contributed by atoms with Crippen molar-refractivity contribution in [3.05, 3.63) is 52.5 Å². The minimum absolute atomic E-state index is 0.234. The highest BCUT2D eigenvalue weighted by molar-refractivity contribution is 7.90. The molecule has 19 heavy (non-hydrogen) atoms. The zero-order chi connectivity index (χ0) is 14.2. The van der Waals surface area contributed by atoms with Gasteiger partial charge in [0.15, 0.2) is 9.84 Å². The van der Waals surface area contributed by atoms with Gasteiger partial charge in [-0.3, -0.25) is 0 Å². The molecule has 1 radical (unpaired) electrons. The Morgan fingerprint density at radius 1 is 1.11 bits per heavy atom. The van der Waals surface area contributed by atoms with Gasteiger partial charge in [-0.2, -0.15) is 0 Å². The summed E-state index contributed by atoms with van der Waals surface area (Å²) < 4.78 is 23.0. The number of sulfone groups is 1. The van der Waals surface area contributed by atoms with Crippen molar-refractivity contribution in [1.29, 1.82) is 0 Å². The molecule has 0 saturated carbocycles. The first-order chi connectivity index (χ1) is 8.79. The molecule has 0 N–H and O–H groups in total. The van der Waals surface area contributed by atoms with Crippen LogP contribution in [0, 0.1) is 19.9 Å². The Labute approximate surface area is 119 Å². The lowest BCUT2D eigenvalue weighted by molar-refractivity contribution is 0.602. The molecule has 0 saturated heterocycles. The summed E-state index contributed by atoms with van der Waals surface area (Å²) in [5.41, 5.74) is 3.91. The van der Waals surface area contributed by atoms with Crippen LogP contribution in [0.1, 0.15) is 11.1 Å². The van der Waals surface area contributed by atoms with Gasteiger partial charge in [0, 0.05) is 16.8 Å². The van der Waals surface area contributed by atoms with Crippen molar-refractivity contribution < 1.29 is 8.42 Å². The summed E-state index contributed by atoms with van der Waals surface area (Å²) in [4.78, 5) is 0.234. The summed E-state index contributed by atoms with van der Waals surface area (Å²) in [7, 11) is -3.23. The summed E-state index contributed by atoms with van der Waals surface area (Å²) in [6.07, 6.45) is 1.17. The molecule has 0 aromatic heterocycles. The van der Waals surface area contributed by atoms with E-state index >= 15 is 0 Å². The maximum absolute atomic E-state index is 11.5. The lowest BCUT2D eigenvalue weighted by atomic mass is 9.98. The fourth-order valence-electron chi connectivity index (χ4n) is 1.91. The van der Waals surface area contributed by atoms with Crippen molar-refractivity contribution in [1.82, 2.24) is 0 Å². The average Bonchev–Trinajstić information content (AvgIpc) is 2.31.